The first-order chi connectivity index (χ1) is 14.2. The van der Waals surface area contributed by atoms with Crippen molar-refractivity contribution in [2.24, 2.45) is 0 Å². The average Bonchev–Trinajstić information content (AvgIpc) is 2.70. The highest BCUT2D eigenvalue weighted by atomic mass is 35.5. The lowest BCUT2D eigenvalue weighted by Gasteiger charge is -2.29. The molecular weight excluding hydrogens is 470 g/mol. The zero-order chi connectivity index (χ0) is 22.3. The van der Waals surface area contributed by atoms with Crippen LogP contribution in [0.3, 0.4) is 0 Å². The topological polar surface area (TPSA) is 58.6 Å². The number of amides is 2. The molecule has 162 valence electrons. The first-order valence-corrected chi connectivity index (χ1v) is 10.8. The molecule has 2 rings (SSSR count). The third kappa shape index (κ3) is 6.67. The Morgan fingerprint density at radius 1 is 1.07 bits per heavy atom. The molecule has 0 bridgehead atoms. The second-order valence-corrected chi connectivity index (χ2v) is 8.21. The molecule has 1 N–H and O–H groups in total. The monoisotopic (exact) mass is 490 g/mol. The lowest BCUT2D eigenvalue weighted by Crippen LogP contribution is -2.49. The van der Waals surface area contributed by atoms with Gasteiger partial charge >= 0.3 is 0 Å². The van der Waals surface area contributed by atoms with Gasteiger partial charge < -0.3 is 15.0 Å². The number of nitrogens with zero attached hydrogens (tertiary/aromatic N) is 1. The number of carbonyl (C=O) groups excluding carboxylic acids is 2. The van der Waals surface area contributed by atoms with Crippen molar-refractivity contribution < 1.29 is 14.3 Å². The van der Waals surface area contributed by atoms with Gasteiger partial charge in [0.05, 0.1) is 5.02 Å². The second kappa shape index (κ2) is 11.7. The van der Waals surface area contributed by atoms with Crippen LogP contribution in [0.4, 0.5) is 0 Å². The Bertz CT molecular complexity index is 888. The van der Waals surface area contributed by atoms with Crippen LogP contribution in [-0.4, -0.2) is 35.9 Å². The van der Waals surface area contributed by atoms with Crippen LogP contribution in [0.15, 0.2) is 36.4 Å². The maximum atomic E-state index is 13.0. The maximum Gasteiger partial charge on any atom is 0.261 e. The van der Waals surface area contributed by atoms with Crippen molar-refractivity contribution in [1.29, 1.82) is 0 Å². The summed E-state index contributed by atoms with van der Waals surface area (Å²) >= 11 is 24.5. The van der Waals surface area contributed by atoms with Crippen LogP contribution < -0.4 is 10.1 Å². The summed E-state index contributed by atoms with van der Waals surface area (Å²) in [5.74, 6) is -0.387. The van der Waals surface area contributed by atoms with Gasteiger partial charge in [-0.25, -0.2) is 0 Å². The first-order valence-electron chi connectivity index (χ1n) is 9.32. The van der Waals surface area contributed by atoms with Gasteiger partial charge in [-0.2, -0.15) is 0 Å². The fourth-order valence-corrected chi connectivity index (χ4v) is 3.63. The van der Waals surface area contributed by atoms with E-state index in [1.807, 2.05) is 6.92 Å². The Balaban J connectivity index is 2.22. The number of carbonyl (C=O) groups is 2. The lowest BCUT2D eigenvalue weighted by atomic mass is 10.1. The lowest BCUT2D eigenvalue weighted by molar-refractivity contribution is -0.142. The molecule has 0 aromatic heterocycles. The molecule has 2 aromatic rings. The van der Waals surface area contributed by atoms with E-state index in [1.54, 1.807) is 37.3 Å². The molecule has 0 aliphatic rings. The van der Waals surface area contributed by atoms with E-state index in [-0.39, 0.29) is 24.1 Å². The van der Waals surface area contributed by atoms with Gasteiger partial charge in [0.15, 0.2) is 6.61 Å². The van der Waals surface area contributed by atoms with Crippen molar-refractivity contribution in [3.8, 4) is 5.75 Å². The number of hydrogen-bond acceptors (Lipinski definition) is 3. The summed E-state index contributed by atoms with van der Waals surface area (Å²) in [6, 6.07) is 9.00. The molecule has 0 radical (unpaired) electrons. The van der Waals surface area contributed by atoms with Crippen LogP contribution in [0.25, 0.3) is 0 Å². The van der Waals surface area contributed by atoms with Gasteiger partial charge in [-0.3, -0.25) is 9.59 Å². The predicted molar refractivity (Wildman–Crippen MR) is 122 cm³/mol. The number of halogens is 4. The van der Waals surface area contributed by atoms with Crippen molar-refractivity contribution in [2.45, 2.75) is 32.9 Å². The Morgan fingerprint density at radius 3 is 2.33 bits per heavy atom. The average molecular weight is 492 g/mol. The highest BCUT2D eigenvalue weighted by molar-refractivity contribution is 6.36. The zero-order valence-electron chi connectivity index (χ0n) is 16.6. The minimum absolute atomic E-state index is 0.0514. The van der Waals surface area contributed by atoms with Crippen molar-refractivity contribution >= 4 is 58.2 Å². The van der Waals surface area contributed by atoms with E-state index in [4.69, 9.17) is 51.1 Å². The summed E-state index contributed by atoms with van der Waals surface area (Å²) in [4.78, 5) is 26.9. The molecule has 1 unspecified atom stereocenters. The Morgan fingerprint density at radius 2 is 1.73 bits per heavy atom. The summed E-state index contributed by atoms with van der Waals surface area (Å²) in [5, 5.41) is 4.34. The van der Waals surface area contributed by atoms with E-state index in [0.717, 1.165) is 6.42 Å². The van der Waals surface area contributed by atoms with Gasteiger partial charge in [0.2, 0.25) is 5.91 Å². The molecule has 0 saturated carbocycles. The van der Waals surface area contributed by atoms with Gasteiger partial charge in [-0.05, 0) is 43.7 Å². The minimum Gasteiger partial charge on any atom is -0.482 e. The smallest absolute Gasteiger partial charge is 0.261 e. The van der Waals surface area contributed by atoms with E-state index in [0.29, 0.717) is 32.9 Å². The summed E-state index contributed by atoms with van der Waals surface area (Å²) in [5.41, 5.74) is 0.550. The van der Waals surface area contributed by atoms with Crippen LogP contribution in [0.1, 0.15) is 25.8 Å². The summed E-state index contributed by atoms with van der Waals surface area (Å²) < 4.78 is 5.56. The van der Waals surface area contributed by atoms with E-state index in [9.17, 15) is 9.59 Å². The van der Waals surface area contributed by atoms with Gasteiger partial charge in [-0.15, -0.1) is 0 Å². The highest BCUT2D eigenvalue weighted by Crippen LogP contribution is 2.29. The second-order valence-electron chi connectivity index (χ2n) is 6.55. The van der Waals surface area contributed by atoms with E-state index < -0.39 is 11.9 Å². The van der Waals surface area contributed by atoms with E-state index in [1.165, 1.54) is 11.0 Å². The summed E-state index contributed by atoms with van der Waals surface area (Å²) in [6.07, 6.45) is 0.779. The maximum absolute atomic E-state index is 13.0. The quantitative estimate of drug-likeness (QED) is 0.495. The summed E-state index contributed by atoms with van der Waals surface area (Å²) in [7, 11) is 0. The molecule has 30 heavy (non-hydrogen) atoms. The standard InChI is InChI=1S/C21H22Cl4N2O3/c1-3-9-26-21(29)13(2)27(11-15-16(23)5-4-6-17(15)24)20(28)12-30-19-8-7-14(22)10-18(19)25/h4-8,10,13H,3,9,11-12H2,1-2H3,(H,26,29). The Labute approximate surface area is 196 Å². The highest BCUT2D eigenvalue weighted by Gasteiger charge is 2.27. The molecule has 0 fully saturated rings. The fraction of sp³-hybridized carbons (Fsp3) is 0.333. The van der Waals surface area contributed by atoms with Crippen molar-refractivity contribution in [1.82, 2.24) is 10.2 Å². The molecule has 0 saturated heterocycles. The van der Waals surface area contributed by atoms with Crippen LogP contribution in [0.2, 0.25) is 20.1 Å². The number of ether oxygens (including phenoxy) is 1. The van der Waals surface area contributed by atoms with Crippen molar-refractivity contribution in [3.05, 3.63) is 62.1 Å². The molecule has 2 amide bonds. The largest absolute Gasteiger partial charge is 0.482 e. The molecular formula is C21H22Cl4N2O3. The summed E-state index contributed by atoms with van der Waals surface area (Å²) in [6.45, 7) is 3.82. The molecule has 0 aliphatic carbocycles. The van der Waals surface area contributed by atoms with Gasteiger partial charge in [0, 0.05) is 33.7 Å². The molecule has 5 nitrogen and oxygen atoms in total. The van der Waals surface area contributed by atoms with Crippen molar-refractivity contribution in [3.63, 3.8) is 0 Å². The van der Waals surface area contributed by atoms with Crippen LogP contribution in [0.5, 0.6) is 5.75 Å². The molecule has 0 spiro atoms. The first kappa shape index (κ1) is 24.6. The fourth-order valence-electron chi connectivity index (χ4n) is 2.65. The number of hydrogen-bond donors (Lipinski definition) is 1. The Hall–Kier alpha value is -1.66. The third-order valence-electron chi connectivity index (χ3n) is 4.35. The van der Waals surface area contributed by atoms with Crippen LogP contribution in [0, 0.1) is 0 Å². The van der Waals surface area contributed by atoms with Gasteiger partial charge in [0.1, 0.15) is 11.8 Å². The van der Waals surface area contributed by atoms with E-state index in [2.05, 4.69) is 5.32 Å². The zero-order valence-corrected chi connectivity index (χ0v) is 19.6. The Kier molecular flexibility index (Phi) is 9.56. The number of benzene rings is 2. The number of rotatable bonds is 9. The molecule has 9 heteroatoms. The van der Waals surface area contributed by atoms with Gasteiger partial charge in [0.25, 0.3) is 5.91 Å². The van der Waals surface area contributed by atoms with Crippen LogP contribution in [-0.2, 0) is 16.1 Å². The normalized spacial score (nSPS) is 11.7. The third-order valence-corrected chi connectivity index (χ3v) is 5.59. The predicted octanol–water partition coefficient (Wildman–Crippen LogP) is 5.62. The SMILES string of the molecule is CCCNC(=O)C(C)N(Cc1c(Cl)cccc1Cl)C(=O)COc1ccc(Cl)cc1Cl. The molecule has 2 aromatic carbocycles. The molecule has 1 atom stereocenters. The number of nitrogens with one attached hydrogen (secondary N) is 1. The van der Waals surface area contributed by atoms with Crippen molar-refractivity contribution in [2.75, 3.05) is 13.2 Å². The van der Waals surface area contributed by atoms with Gasteiger partial charge in [-0.1, -0.05) is 59.4 Å². The molecule has 0 aliphatic heterocycles. The van der Waals surface area contributed by atoms with E-state index >= 15 is 0 Å². The van der Waals surface area contributed by atoms with Crippen LogP contribution >= 0.6 is 46.4 Å². The molecule has 0 heterocycles. The minimum atomic E-state index is -0.763.